The van der Waals surface area contributed by atoms with Crippen molar-refractivity contribution < 1.29 is 4.79 Å². The lowest BCUT2D eigenvalue weighted by Gasteiger charge is -2.17. The maximum absolute atomic E-state index is 12.5. The van der Waals surface area contributed by atoms with Crippen LogP contribution in [0.2, 0.25) is 0 Å². The van der Waals surface area contributed by atoms with E-state index in [1.165, 1.54) is 18.5 Å². The van der Waals surface area contributed by atoms with Gasteiger partial charge in [0.1, 0.15) is 0 Å². The Hall–Kier alpha value is -2.56. The van der Waals surface area contributed by atoms with Gasteiger partial charge < -0.3 is 15.5 Å². The molecule has 132 valence electrons. The Kier molecular flexibility index (Phi) is 5.53. The SMILES string of the molecule is CC(C)CNc1cncc(C(=O)Nc2ccc(N3CCCC3)cc2)c1. The summed E-state index contributed by atoms with van der Waals surface area (Å²) in [5.74, 6) is 0.390. The van der Waals surface area contributed by atoms with E-state index in [-0.39, 0.29) is 5.91 Å². The molecule has 0 radical (unpaired) electrons. The summed E-state index contributed by atoms with van der Waals surface area (Å²) in [6.07, 6.45) is 5.85. The minimum absolute atomic E-state index is 0.144. The number of carbonyl (C=O) groups excluding carboxylic acids is 1. The first kappa shape index (κ1) is 17.3. The van der Waals surface area contributed by atoms with Crippen molar-refractivity contribution in [2.75, 3.05) is 35.2 Å². The van der Waals surface area contributed by atoms with Gasteiger partial charge in [0.2, 0.25) is 0 Å². The van der Waals surface area contributed by atoms with Gasteiger partial charge in [0.05, 0.1) is 11.3 Å². The van der Waals surface area contributed by atoms with Crippen molar-refractivity contribution in [1.82, 2.24) is 4.98 Å². The molecule has 2 N–H and O–H groups in total. The van der Waals surface area contributed by atoms with E-state index in [0.29, 0.717) is 11.5 Å². The fourth-order valence-electron chi connectivity index (χ4n) is 2.92. The molecule has 1 aliphatic rings. The van der Waals surface area contributed by atoms with Gasteiger partial charge in [-0.3, -0.25) is 9.78 Å². The van der Waals surface area contributed by atoms with Gasteiger partial charge in [-0.15, -0.1) is 0 Å². The zero-order valence-corrected chi connectivity index (χ0v) is 15.0. The van der Waals surface area contributed by atoms with Gasteiger partial charge in [0, 0.05) is 43.4 Å². The fraction of sp³-hybridized carbons (Fsp3) is 0.400. The Morgan fingerprint density at radius 1 is 1.12 bits per heavy atom. The van der Waals surface area contributed by atoms with Gasteiger partial charge >= 0.3 is 0 Å². The standard InChI is InChI=1S/C20H26N4O/c1-15(2)12-22-18-11-16(13-21-14-18)20(25)23-17-5-7-19(8-6-17)24-9-3-4-10-24/h5-8,11,13-15,22H,3-4,9-10,12H2,1-2H3,(H,23,25). The first-order valence-corrected chi connectivity index (χ1v) is 8.97. The van der Waals surface area contributed by atoms with Crippen LogP contribution in [0.25, 0.3) is 0 Å². The maximum Gasteiger partial charge on any atom is 0.257 e. The van der Waals surface area contributed by atoms with E-state index in [4.69, 9.17) is 0 Å². The van der Waals surface area contributed by atoms with Gasteiger partial charge in [-0.1, -0.05) is 13.8 Å². The first-order valence-electron chi connectivity index (χ1n) is 8.97. The number of anilines is 3. The quantitative estimate of drug-likeness (QED) is 0.836. The topological polar surface area (TPSA) is 57.3 Å². The Morgan fingerprint density at radius 3 is 2.52 bits per heavy atom. The van der Waals surface area contributed by atoms with Crippen LogP contribution >= 0.6 is 0 Å². The summed E-state index contributed by atoms with van der Waals surface area (Å²) in [6.45, 7) is 7.37. The maximum atomic E-state index is 12.5. The Labute approximate surface area is 149 Å². The molecule has 1 fully saturated rings. The van der Waals surface area contributed by atoms with E-state index in [1.54, 1.807) is 12.4 Å². The molecule has 2 aromatic rings. The lowest BCUT2D eigenvalue weighted by Crippen LogP contribution is -2.17. The summed E-state index contributed by atoms with van der Waals surface area (Å²) in [4.78, 5) is 19.0. The number of carbonyl (C=O) groups is 1. The van der Waals surface area contributed by atoms with Crippen LogP contribution in [0.4, 0.5) is 17.1 Å². The van der Waals surface area contributed by atoms with Crippen molar-refractivity contribution in [2.24, 2.45) is 5.92 Å². The molecule has 3 rings (SSSR count). The summed E-state index contributed by atoms with van der Waals surface area (Å²) in [5, 5.41) is 6.24. The van der Waals surface area contributed by atoms with Crippen molar-refractivity contribution in [2.45, 2.75) is 26.7 Å². The summed E-state index contributed by atoms with van der Waals surface area (Å²) in [6, 6.07) is 9.89. The number of nitrogens with one attached hydrogen (secondary N) is 2. The van der Waals surface area contributed by atoms with Crippen molar-refractivity contribution in [3.05, 3.63) is 48.3 Å². The van der Waals surface area contributed by atoms with Crippen molar-refractivity contribution in [1.29, 1.82) is 0 Å². The molecule has 5 heteroatoms. The lowest BCUT2D eigenvalue weighted by atomic mass is 10.2. The second-order valence-electron chi connectivity index (χ2n) is 6.93. The van der Waals surface area contributed by atoms with E-state index in [1.807, 2.05) is 18.2 Å². The zero-order chi connectivity index (χ0) is 17.6. The van der Waals surface area contributed by atoms with Gasteiger partial charge in [-0.25, -0.2) is 0 Å². The molecule has 0 aliphatic carbocycles. The van der Waals surface area contributed by atoms with Crippen LogP contribution in [-0.2, 0) is 0 Å². The molecule has 25 heavy (non-hydrogen) atoms. The molecular formula is C20H26N4O. The lowest BCUT2D eigenvalue weighted by molar-refractivity contribution is 0.102. The minimum atomic E-state index is -0.144. The van der Waals surface area contributed by atoms with E-state index >= 15 is 0 Å². The van der Waals surface area contributed by atoms with Crippen LogP contribution < -0.4 is 15.5 Å². The third-order valence-electron chi connectivity index (χ3n) is 4.31. The molecule has 2 heterocycles. The number of nitrogens with zero attached hydrogens (tertiary/aromatic N) is 2. The van der Waals surface area contributed by atoms with E-state index < -0.39 is 0 Å². The molecule has 1 aromatic heterocycles. The average Bonchev–Trinajstić information content (AvgIpc) is 3.15. The van der Waals surface area contributed by atoms with Gasteiger partial charge in [0.15, 0.2) is 0 Å². The predicted octanol–water partition coefficient (Wildman–Crippen LogP) is 4.00. The third-order valence-corrected chi connectivity index (χ3v) is 4.31. The molecule has 0 saturated carbocycles. The number of hydrogen-bond acceptors (Lipinski definition) is 4. The van der Waals surface area contributed by atoms with Gasteiger partial charge in [-0.05, 0) is 49.1 Å². The van der Waals surface area contributed by atoms with Crippen LogP contribution in [0.5, 0.6) is 0 Å². The van der Waals surface area contributed by atoms with Crippen LogP contribution in [0.15, 0.2) is 42.7 Å². The average molecular weight is 338 g/mol. The number of aromatic nitrogens is 1. The second kappa shape index (κ2) is 8.01. The molecule has 0 bridgehead atoms. The van der Waals surface area contributed by atoms with Crippen molar-refractivity contribution >= 4 is 23.0 Å². The molecule has 1 aliphatic heterocycles. The van der Waals surface area contributed by atoms with Crippen LogP contribution in [0.3, 0.4) is 0 Å². The normalized spacial score (nSPS) is 14.0. The molecular weight excluding hydrogens is 312 g/mol. The number of benzene rings is 1. The minimum Gasteiger partial charge on any atom is -0.384 e. The number of rotatable bonds is 6. The Balaban J connectivity index is 1.62. The van der Waals surface area contributed by atoms with Crippen LogP contribution in [0.1, 0.15) is 37.0 Å². The molecule has 1 saturated heterocycles. The predicted molar refractivity (Wildman–Crippen MR) is 103 cm³/mol. The van der Waals surface area contributed by atoms with Crippen molar-refractivity contribution in [3.8, 4) is 0 Å². The van der Waals surface area contributed by atoms with Gasteiger partial charge in [-0.2, -0.15) is 0 Å². The van der Waals surface area contributed by atoms with Crippen LogP contribution in [-0.4, -0.2) is 30.5 Å². The van der Waals surface area contributed by atoms with Gasteiger partial charge in [0.25, 0.3) is 5.91 Å². The second-order valence-corrected chi connectivity index (χ2v) is 6.93. The molecule has 0 unspecified atom stereocenters. The highest BCUT2D eigenvalue weighted by Crippen LogP contribution is 2.22. The largest absolute Gasteiger partial charge is 0.384 e. The van der Waals surface area contributed by atoms with Crippen LogP contribution in [0, 0.1) is 5.92 Å². The number of amides is 1. The molecule has 0 atom stereocenters. The zero-order valence-electron chi connectivity index (χ0n) is 15.0. The molecule has 1 amide bonds. The first-order chi connectivity index (χ1) is 12.1. The fourth-order valence-corrected chi connectivity index (χ4v) is 2.92. The number of pyridine rings is 1. The van der Waals surface area contributed by atoms with Crippen molar-refractivity contribution in [3.63, 3.8) is 0 Å². The third kappa shape index (κ3) is 4.72. The smallest absolute Gasteiger partial charge is 0.257 e. The Bertz CT molecular complexity index is 706. The molecule has 1 aromatic carbocycles. The highest BCUT2D eigenvalue weighted by atomic mass is 16.1. The highest BCUT2D eigenvalue weighted by molar-refractivity contribution is 6.04. The summed E-state index contributed by atoms with van der Waals surface area (Å²) < 4.78 is 0. The molecule has 0 spiro atoms. The number of hydrogen-bond donors (Lipinski definition) is 2. The molecule has 5 nitrogen and oxygen atoms in total. The monoisotopic (exact) mass is 338 g/mol. The van der Waals surface area contributed by atoms with E-state index in [0.717, 1.165) is 31.0 Å². The summed E-state index contributed by atoms with van der Waals surface area (Å²) >= 11 is 0. The summed E-state index contributed by atoms with van der Waals surface area (Å²) in [5.41, 5.74) is 3.44. The van der Waals surface area contributed by atoms with E-state index in [9.17, 15) is 4.79 Å². The summed E-state index contributed by atoms with van der Waals surface area (Å²) in [7, 11) is 0. The highest BCUT2D eigenvalue weighted by Gasteiger charge is 2.12. The van der Waals surface area contributed by atoms with E-state index in [2.05, 4.69) is 46.5 Å². The Morgan fingerprint density at radius 2 is 1.84 bits per heavy atom.